The zero-order chi connectivity index (χ0) is 22.0. The van der Waals surface area contributed by atoms with E-state index < -0.39 is 10.0 Å². The highest BCUT2D eigenvalue weighted by molar-refractivity contribution is 7.89. The highest BCUT2D eigenvalue weighted by Crippen LogP contribution is 2.23. The molecule has 3 heterocycles. The molecule has 0 unspecified atom stereocenters. The Bertz CT molecular complexity index is 1160. The predicted octanol–water partition coefficient (Wildman–Crippen LogP) is 2.88. The van der Waals surface area contributed by atoms with Gasteiger partial charge in [-0.3, -0.25) is 4.79 Å². The van der Waals surface area contributed by atoms with Crippen molar-refractivity contribution in [2.45, 2.75) is 31.6 Å². The molecule has 10 heteroatoms. The molecule has 0 bridgehead atoms. The number of piperazine rings is 1. The van der Waals surface area contributed by atoms with Gasteiger partial charge in [0.1, 0.15) is 0 Å². The minimum atomic E-state index is -3.58. The van der Waals surface area contributed by atoms with E-state index in [-0.39, 0.29) is 25.4 Å². The van der Waals surface area contributed by atoms with Crippen molar-refractivity contribution in [3.63, 3.8) is 0 Å². The van der Waals surface area contributed by atoms with E-state index in [2.05, 4.69) is 10.1 Å². The van der Waals surface area contributed by atoms with Crippen LogP contribution in [0.4, 0.5) is 0 Å². The van der Waals surface area contributed by atoms with Gasteiger partial charge in [-0.2, -0.15) is 9.29 Å². The van der Waals surface area contributed by atoms with Crippen LogP contribution >= 0.6 is 11.3 Å². The first-order chi connectivity index (χ1) is 14.8. The molecule has 1 fully saturated rings. The van der Waals surface area contributed by atoms with E-state index in [0.29, 0.717) is 36.1 Å². The molecule has 8 nitrogen and oxygen atoms in total. The molecule has 164 valence electrons. The lowest BCUT2D eigenvalue weighted by atomic mass is 10.2. The van der Waals surface area contributed by atoms with Crippen LogP contribution in [0, 0.1) is 13.8 Å². The van der Waals surface area contributed by atoms with Crippen molar-refractivity contribution < 1.29 is 17.7 Å². The number of carbonyl (C=O) groups excluding carboxylic acids is 1. The number of nitrogens with zero attached hydrogens (tertiary/aromatic N) is 4. The molecule has 0 radical (unpaired) electrons. The molecule has 0 N–H and O–H groups in total. The summed E-state index contributed by atoms with van der Waals surface area (Å²) in [4.78, 5) is 19.9. The average molecular weight is 461 g/mol. The van der Waals surface area contributed by atoms with E-state index in [4.69, 9.17) is 4.52 Å². The smallest absolute Gasteiger partial charge is 0.243 e. The van der Waals surface area contributed by atoms with Crippen molar-refractivity contribution in [1.29, 1.82) is 0 Å². The van der Waals surface area contributed by atoms with Crippen LogP contribution in [0.2, 0.25) is 0 Å². The Kier molecular flexibility index (Phi) is 6.22. The zero-order valence-electron chi connectivity index (χ0n) is 17.4. The van der Waals surface area contributed by atoms with Crippen LogP contribution in [-0.2, 0) is 21.2 Å². The molecule has 1 aliphatic rings. The maximum atomic E-state index is 13.0. The van der Waals surface area contributed by atoms with Gasteiger partial charge in [-0.15, -0.1) is 11.3 Å². The van der Waals surface area contributed by atoms with E-state index in [1.54, 1.807) is 17.9 Å². The number of aromatic nitrogens is 2. The third-order valence-electron chi connectivity index (χ3n) is 5.32. The number of amides is 1. The summed E-state index contributed by atoms with van der Waals surface area (Å²) >= 11 is 1.52. The Morgan fingerprint density at radius 3 is 2.65 bits per heavy atom. The summed E-state index contributed by atoms with van der Waals surface area (Å²) in [6, 6.07) is 9.26. The van der Waals surface area contributed by atoms with Gasteiger partial charge in [0.25, 0.3) is 0 Å². The van der Waals surface area contributed by atoms with Crippen molar-refractivity contribution >= 4 is 27.3 Å². The topological polar surface area (TPSA) is 96.6 Å². The standard InChI is InChI=1S/C21H24N4O4S2/c1-15-5-6-16(2)18(14-15)31(27,28)25-11-9-24(10-12-25)20(26)8-7-19-22-21(23-29-19)17-4-3-13-30-17/h3-6,13-14H,7-12H2,1-2H3. The maximum Gasteiger partial charge on any atom is 0.243 e. The monoisotopic (exact) mass is 460 g/mol. The second-order valence-electron chi connectivity index (χ2n) is 7.54. The Labute approximate surface area is 185 Å². The third-order valence-corrected chi connectivity index (χ3v) is 8.22. The largest absolute Gasteiger partial charge is 0.340 e. The Morgan fingerprint density at radius 2 is 1.94 bits per heavy atom. The van der Waals surface area contributed by atoms with Gasteiger partial charge in [0.15, 0.2) is 0 Å². The SMILES string of the molecule is Cc1ccc(C)c(S(=O)(=O)N2CCN(C(=O)CCc3nc(-c4cccs4)no3)CC2)c1. The number of benzene rings is 1. The lowest BCUT2D eigenvalue weighted by molar-refractivity contribution is -0.132. The van der Waals surface area contributed by atoms with E-state index in [9.17, 15) is 13.2 Å². The Morgan fingerprint density at radius 1 is 1.16 bits per heavy atom. The van der Waals surface area contributed by atoms with Crippen molar-refractivity contribution in [3.8, 4) is 10.7 Å². The molecule has 0 saturated carbocycles. The van der Waals surface area contributed by atoms with Gasteiger partial charge in [-0.05, 0) is 42.5 Å². The molecule has 31 heavy (non-hydrogen) atoms. The van der Waals surface area contributed by atoms with Crippen molar-refractivity contribution in [1.82, 2.24) is 19.3 Å². The van der Waals surface area contributed by atoms with Gasteiger partial charge in [0, 0.05) is 39.0 Å². The minimum Gasteiger partial charge on any atom is -0.340 e. The lowest BCUT2D eigenvalue weighted by Gasteiger charge is -2.34. The predicted molar refractivity (Wildman–Crippen MR) is 117 cm³/mol. The van der Waals surface area contributed by atoms with E-state index in [1.807, 2.05) is 36.6 Å². The second-order valence-corrected chi connectivity index (χ2v) is 10.4. The number of sulfonamides is 1. The number of aryl methyl sites for hydroxylation is 3. The molecule has 4 rings (SSSR count). The van der Waals surface area contributed by atoms with Gasteiger partial charge in [-0.25, -0.2) is 8.42 Å². The maximum absolute atomic E-state index is 13.0. The lowest BCUT2D eigenvalue weighted by Crippen LogP contribution is -2.50. The van der Waals surface area contributed by atoms with Gasteiger partial charge in [-0.1, -0.05) is 23.4 Å². The fourth-order valence-corrected chi connectivity index (χ4v) is 5.92. The molecule has 1 aromatic carbocycles. The van der Waals surface area contributed by atoms with Crippen molar-refractivity contribution in [3.05, 3.63) is 52.7 Å². The molecule has 1 saturated heterocycles. The fourth-order valence-electron chi connectivity index (χ4n) is 3.54. The zero-order valence-corrected chi connectivity index (χ0v) is 19.1. The number of hydrogen-bond donors (Lipinski definition) is 0. The summed E-state index contributed by atoms with van der Waals surface area (Å²) in [6.45, 7) is 4.98. The van der Waals surface area contributed by atoms with Crippen LogP contribution < -0.4 is 0 Å². The van der Waals surface area contributed by atoms with E-state index in [0.717, 1.165) is 16.0 Å². The summed E-state index contributed by atoms with van der Waals surface area (Å²) in [5.41, 5.74) is 1.63. The van der Waals surface area contributed by atoms with Crippen LogP contribution in [0.1, 0.15) is 23.4 Å². The van der Waals surface area contributed by atoms with Gasteiger partial charge >= 0.3 is 0 Å². The molecule has 0 atom stereocenters. The first-order valence-corrected chi connectivity index (χ1v) is 12.4. The van der Waals surface area contributed by atoms with Crippen molar-refractivity contribution in [2.75, 3.05) is 26.2 Å². The Balaban J connectivity index is 1.32. The molecule has 0 spiro atoms. The minimum absolute atomic E-state index is 0.0420. The van der Waals surface area contributed by atoms with E-state index >= 15 is 0 Å². The average Bonchev–Trinajstić information content (AvgIpc) is 3.45. The second kappa shape index (κ2) is 8.89. The summed E-state index contributed by atoms with van der Waals surface area (Å²) in [7, 11) is -3.58. The van der Waals surface area contributed by atoms with Crippen LogP contribution in [0.3, 0.4) is 0 Å². The van der Waals surface area contributed by atoms with Crippen LogP contribution in [0.15, 0.2) is 45.1 Å². The molecule has 1 amide bonds. The van der Waals surface area contributed by atoms with E-state index in [1.165, 1.54) is 15.6 Å². The summed E-state index contributed by atoms with van der Waals surface area (Å²) in [5, 5.41) is 5.89. The van der Waals surface area contributed by atoms with Crippen LogP contribution in [0.5, 0.6) is 0 Å². The molecule has 1 aliphatic heterocycles. The summed E-state index contributed by atoms with van der Waals surface area (Å²) in [6.07, 6.45) is 0.605. The summed E-state index contributed by atoms with van der Waals surface area (Å²) in [5.74, 6) is 0.912. The molecular formula is C21H24N4O4S2. The third kappa shape index (κ3) is 4.70. The Hall–Kier alpha value is -2.56. The first kappa shape index (κ1) is 21.7. The molecule has 3 aromatic rings. The van der Waals surface area contributed by atoms with Gasteiger partial charge < -0.3 is 9.42 Å². The first-order valence-electron chi connectivity index (χ1n) is 10.1. The highest BCUT2D eigenvalue weighted by atomic mass is 32.2. The molecular weight excluding hydrogens is 436 g/mol. The number of thiophene rings is 1. The number of rotatable bonds is 6. The summed E-state index contributed by atoms with van der Waals surface area (Å²) < 4.78 is 32.8. The highest BCUT2D eigenvalue weighted by Gasteiger charge is 2.31. The fraction of sp³-hybridized carbons (Fsp3) is 0.381. The number of carbonyl (C=O) groups is 1. The van der Waals surface area contributed by atoms with Crippen molar-refractivity contribution in [2.24, 2.45) is 0 Å². The van der Waals surface area contributed by atoms with Gasteiger partial charge in [0.2, 0.25) is 27.6 Å². The number of hydrogen-bond acceptors (Lipinski definition) is 7. The van der Waals surface area contributed by atoms with Crippen LogP contribution in [0.25, 0.3) is 10.7 Å². The normalized spacial score (nSPS) is 15.4. The quantitative estimate of drug-likeness (QED) is 0.561. The molecule has 0 aliphatic carbocycles. The van der Waals surface area contributed by atoms with Gasteiger partial charge in [0.05, 0.1) is 9.77 Å². The van der Waals surface area contributed by atoms with Crippen LogP contribution in [-0.4, -0.2) is 59.8 Å². The molecule has 2 aromatic heterocycles.